The van der Waals surface area contributed by atoms with E-state index < -0.39 is 0 Å². The Morgan fingerprint density at radius 2 is 2.17 bits per heavy atom. The number of aliphatic hydroxyl groups is 1. The molecule has 0 spiro atoms. The van der Waals surface area contributed by atoms with Crippen molar-refractivity contribution in [3.05, 3.63) is 34.9 Å². The molecule has 0 heterocycles. The normalized spacial score (nSPS) is 10.8. The minimum Gasteiger partial charge on any atom is -0.508 e. The summed E-state index contributed by atoms with van der Waals surface area (Å²) >= 11 is 5.77. The van der Waals surface area contributed by atoms with Gasteiger partial charge in [-0.2, -0.15) is 0 Å². The Morgan fingerprint density at radius 1 is 1.42 bits per heavy atom. The van der Waals surface area contributed by atoms with Gasteiger partial charge in [0, 0.05) is 0 Å². The van der Waals surface area contributed by atoms with Crippen LogP contribution in [0, 0.1) is 0 Å². The summed E-state index contributed by atoms with van der Waals surface area (Å²) in [7, 11) is 0. The third-order valence-electron chi connectivity index (χ3n) is 1.39. The first-order valence-electron chi connectivity index (χ1n) is 3.50. The Balaban J connectivity index is 2.94. The van der Waals surface area contributed by atoms with E-state index in [1.165, 1.54) is 6.07 Å². The fraction of sp³-hybridized carbons (Fsp3) is 0.111. The van der Waals surface area contributed by atoms with Crippen LogP contribution in [0.5, 0.6) is 5.75 Å². The van der Waals surface area contributed by atoms with Gasteiger partial charge in [-0.1, -0.05) is 23.8 Å². The molecule has 0 saturated carbocycles. The van der Waals surface area contributed by atoms with E-state index in [1.807, 2.05) is 0 Å². The molecule has 0 bridgehead atoms. The molecule has 0 atom stereocenters. The van der Waals surface area contributed by atoms with Gasteiger partial charge in [-0.3, -0.25) is 0 Å². The molecule has 0 amide bonds. The van der Waals surface area contributed by atoms with Gasteiger partial charge in [0.25, 0.3) is 0 Å². The zero-order valence-electron chi connectivity index (χ0n) is 6.37. The molecular weight excluding hydrogens is 176 g/mol. The van der Waals surface area contributed by atoms with E-state index in [0.29, 0.717) is 5.02 Å². The predicted molar refractivity (Wildman–Crippen MR) is 49.2 cm³/mol. The zero-order valence-corrected chi connectivity index (χ0v) is 7.12. The highest BCUT2D eigenvalue weighted by atomic mass is 35.5. The van der Waals surface area contributed by atoms with Gasteiger partial charge in [0.15, 0.2) is 0 Å². The molecule has 12 heavy (non-hydrogen) atoms. The molecule has 0 fully saturated rings. The Labute approximate surface area is 75.7 Å². The van der Waals surface area contributed by atoms with E-state index in [4.69, 9.17) is 21.8 Å². The second-order valence-corrected chi connectivity index (χ2v) is 2.70. The summed E-state index contributed by atoms with van der Waals surface area (Å²) in [5.74, 6) is 0.140. The molecule has 2 N–H and O–H groups in total. The van der Waals surface area contributed by atoms with Gasteiger partial charge in [0.05, 0.1) is 11.6 Å². The molecule has 3 heteroatoms. The topological polar surface area (TPSA) is 40.5 Å². The fourth-order valence-corrected chi connectivity index (χ4v) is 1.07. The summed E-state index contributed by atoms with van der Waals surface area (Å²) in [6.07, 6.45) is 3.28. The third-order valence-corrected chi connectivity index (χ3v) is 1.71. The average Bonchev–Trinajstić information content (AvgIpc) is 2.03. The van der Waals surface area contributed by atoms with Crippen LogP contribution in [0.25, 0.3) is 6.08 Å². The first kappa shape index (κ1) is 9.10. The first-order chi connectivity index (χ1) is 5.74. The Bertz CT molecular complexity index is 295. The second kappa shape index (κ2) is 4.14. The van der Waals surface area contributed by atoms with Crippen LogP contribution in [-0.4, -0.2) is 16.8 Å². The van der Waals surface area contributed by atoms with Crippen LogP contribution < -0.4 is 0 Å². The maximum atomic E-state index is 9.01. The van der Waals surface area contributed by atoms with Gasteiger partial charge in [-0.15, -0.1) is 0 Å². The van der Waals surface area contributed by atoms with Crippen molar-refractivity contribution in [3.63, 3.8) is 0 Å². The van der Waals surface area contributed by atoms with E-state index >= 15 is 0 Å². The van der Waals surface area contributed by atoms with Gasteiger partial charge in [0.2, 0.25) is 0 Å². The van der Waals surface area contributed by atoms with Crippen molar-refractivity contribution in [1.82, 2.24) is 0 Å². The van der Waals surface area contributed by atoms with Crippen LogP contribution >= 0.6 is 11.6 Å². The minimum atomic E-state index is -0.0167. The van der Waals surface area contributed by atoms with E-state index in [2.05, 4.69) is 0 Å². The Hall–Kier alpha value is -0.990. The van der Waals surface area contributed by atoms with Gasteiger partial charge >= 0.3 is 0 Å². The van der Waals surface area contributed by atoms with Gasteiger partial charge in [-0.05, 0) is 23.8 Å². The minimum absolute atomic E-state index is 0.0167. The number of aliphatic hydroxyl groups excluding tert-OH is 1. The molecule has 0 saturated heterocycles. The lowest BCUT2D eigenvalue weighted by Crippen LogP contribution is -1.76. The molecule has 1 aromatic carbocycles. The Kier molecular flexibility index (Phi) is 3.14. The van der Waals surface area contributed by atoms with E-state index in [9.17, 15) is 0 Å². The first-order valence-corrected chi connectivity index (χ1v) is 3.88. The number of phenols is 1. The average molecular weight is 185 g/mol. The second-order valence-electron chi connectivity index (χ2n) is 2.29. The molecule has 0 radical (unpaired) electrons. The van der Waals surface area contributed by atoms with Gasteiger partial charge < -0.3 is 10.2 Å². The molecule has 1 aromatic rings. The number of phenolic OH excluding ortho intramolecular Hbond substituents is 1. The molecule has 64 valence electrons. The largest absolute Gasteiger partial charge is 0.508 e. The van der Waals surface area contributed by atoms with Crippen LogP contribution in [0.15, 0.2) is 24.3 Å². The summed E-state index contributed by atoms with van der Waals surface area (Å²) in [5, 5.41) is 18.0. The predicted octanol–water partition coefficient (Wildman–Crippen LogP) is 2.05. The van der Waals surface area contributed by atoms with Gasteiger partial charge in [-0.25, -0.2) is 0 Å². The van der Waals surface area contributed by atoms with Crippen molar-refractivity contribution in [2.45, 2.75) is 0 Å². The molecule has 0 unspecified atom stereocenters. The lowest BCUT2D eigenvalue weighted by molar-refractivity contribution is 0.343. The number of hydrogen-bond acceptors (Lipinski definition) is 2. The highest BCUT2D eigenvalue weighted by Crippen LogP contribution is 2.22. The van der Waals surface area contributed by atoms with Crippen molar-refractivity contribution >= 4 is 17.7 Å². The molecule has 0 aliphatic carbocycles. The summed E-state index contributed by atoms with van der Waals surface area (Å²) in [4.78, 5) is 0. The van der Waals surface area contributed by atoms with Gasteiger partial charge in [0.1, 0.15) is 5.75 Å². The summed E-state index contributed by atoms with van der Waals surface area (Å²) in [6, 6.07) is 4.69. The van der Waals surface area contributed by atoms with Crippen LogP contribution in [-0.2, 0) is 0 Å². The molecule has 1 rings (SSSR count). The monoisotopic (exact) mass is 184 g/mol. The van der Waals surface area contributed by atoms with Crippen molar-refractivity contribution in [3.8, 4) is 5.75 Å². The number of halogens is 1. The number of benzene rings is 1. The third kappa shape index (κ3) is 2.26. The molecule has 2 nitrogen and oxygen atoms in total. The highest BCUT2D eigenvalue weighted by molar-refractivity contribution is 6.32. The van der Waals surface area contributed by atoms with Crippen LogP contribution in [0.2, 0.25) is 5.02 Å². The molecular formula is C9H9ClO2. The van der Waals surface area contributed by atoms with Crippen molar-refractivity contribution < 1.29 is 10.2 Å². The van der Waals surface area contributed by atoms with Crippen LogP contribution in [0.4, 0.5) is 0 Å². The summed E-state index contributed by atoms with van der Waals surface area (Å²) in [6.45, 7) is -0.0167. The summed E-state index contributed by atoms with van der Waals surface area (Å²) in [5.41, 5.74) is 0.781. The zero-order chi connectivity index (χ0) is 8.97. The summed E-state index contributed by atoms with van der Waals surface area (Å²) < 4.78 is 0. The SMILES string of the molecule is OC/C=C/c1ccc(O)cc1Cl. The van der Waals surface area contributed by atoms with E-state index in [1.54, 1.807) is 24.3 Å². The fourth-order valence-electron chi connectivity index (χ4n) is 0.831. The standard InChI is InChI=1S/C9H9ClO2/c10-9-6-8(12)4-3-7(9)2-1-5-11/h1-4,6,11-12H,5H2/b2-1+. The van der Waals surface area contributed by atoms with Crippen molar-refractivity contribution in [2.24, 2.45) is 0 Å². The van der Waals surface area contributed by atoms with Crippen LogP contribution in [0.3, 0.4) is 0 Å². The number of hydrogen-bond donors (Lipinski definition) is 2. The smallest absolute Gasteiger partial charge is 0.117 e. The lowest BCUT2D eigenvalue weighted by atomic mass is 10.2. The lowest BCUT2D eigenvalue weighted by Gasteiger charge is -1.97. The molecule has 0 aliphatic heterocycles. The van der Waals surface area contributed by atoms with Crippen molar-refractivity contribution in [2.75, 3.05) is 6.61 Å². The van der Waals surface area contributed by atoms with E-state index in [0.717, 1.165) is 5.56 Å². The van der Waals surface area contributed by atoms with Crippen LogP contribution in [0.1, 0.15) is 5.56 Å². The number of aromatic hydroxyl groups is 1. The highest BCUT2D eigenvalue weighted by Gasteiger charge is 1.96. The molecule has 0 aromatic heterocycles. The van der Waals surface area contributed by atoms with Crippen molar-refractivity contribution in [1.29, 1.82) is 0 Å². The quantitative estimate of drug-likeness (QED) is 0.739. The maximum absolute atomic E-state index is 9.01. The Morgan fingerprint density at radius 3 is 2.75 bits per heavy atom. The maximum Gasteiger partial charge on any atom is 0.117 e. The molecule has 0 aliphatic rings. The van der Waals surface area contributed by atoms with E-state index in [-0.39, 0.29) is 12.4 Å². The number of rotatable bonds is 2.